The van der Waals surface area contributed by atoms with E-state index in [1.54, 1.807) is 12.0 Å². The van der Waals surface area contributed by atoms with Crippen molar-refractivity contribution >= 4 is 0 Å². The van der Waals surface area contributed by atoms with Gasteiger partial charge in [0.15, 0.2) is 0 Å². The minimum absolute atomic E-state index is 0.597. The summed E-state index contributed by atoms with van der Waals surface area (Å²) in [6, 6.07) is 11.5. The second kappa shape index (κ2) is 2.44. The SMILES string of the molecule is CCC12CC3CC4(C)CC(c5ccccc5)(C1)C342. The molecule has 18 heavy (non-hydrogen) atoms. The fraction of sp³-hybridized carbons (Fsp3) is 0.667. The molecule has 94 valence electrons. The Morgan fingerprint density at radius 1 is 1.11 bits per heavy atom. The van der Waals surface area contributed by atoms with Crippen LogP contribution in [0.5, 0.6) is 0 Å². The van der Waals surface area contributed by atoms with Gasteiger partial charge in [-0.15, -0.1) is 0 Å². The molecule has 0 radical (unpaired) electrons. The van der Waals surface area contributed by atoms with Crippen LogP contribution in [0.1, 0.15) is 51.5 Å². The zero-order valence-electron chi connectivity index (χ0n) is 11.5. The van der Waals surface area contributed by atoms with Crippen molar-refractivity contribution in [3.8, 4) is 0 Å². The average Bonchev–Trinajstić information content (AvgIpc) is 2.32. The molecule has 1 aromatic rings. The Morgan fingerprint density at radius 3 is 2.50 bits per heavy atom. The number of rotatable bonds is 2. The molecule has 0 heterocycles. The van der Waals surface area contributed by atoms with Gasteiger partial charge >= 0.3 is 0 Å². The smallest absolute Gasteiger partial charge is 0.00334 e. The first-order chi connectivity index (χ1) is 8.64. The quantitative estimate of drug-likeness (QED) is 0.709. The van der Waals surface area contributed by atoms with Crippen molar-refractivity contribution in [2.45, 2.75) is 51.4 Å². The van der Waals surface area contributed by atoms with Gasteiger partial charge in [-0.05, 0) is 59.8 Å². The summed E-state index contributed by atoms with van der Waals surface area (Å²) in [4.78, 5) is 0. The largest absolute Gasteiger partial charge is 0.0648 e. The van der Waals surface area contributed by atoms with Gasteiger partial charge in [-0.2, -0.15) is 0 Å². The molecular weight excluding hydrogens is 216 g/mol. The molecule has 5 unspecified atom stereocenters. The first-order valence-corrected chi connectivity index (χ1v) is 7.70. The Kier molecular flexibility index (Phi) is 1.37. The molecule has 0 aliphatic heterocycles. The van der Waals surface area contributed by atoms with Crippen LogP contribution in [0.2, 0.25) is 0 Å². The summed E-state index contributed by atoms with van der Waals surface area (Å²) in [5.41, 5.74) is 4.46. The van der Waals surface area contributed by atoms with E-state index in [1.165, 1.54) is 25.7 Å². The molecule has 4 fully saturated rings. The van der Waals surface area contributed by atoms with E-state index >= 15 is 0 Å². The Hall–Kier alpha value is -0.780. The lowest BCUT2D eigenvalue weighted by atomic mass is 9.04. The average molecular weight is 238 g/mol. The minimum atomic E-state index is 0.597. The maximum Gasteiger partial charge on any atom is 0.00334 e. The van der Waals surface area contributed by atoms with Crippen molar-refractivity contribution in [1.29, 1.82) is 0 Å². The van der Waals surface area contributed by atoms with Crippen LogP contribution in [0.4, 0.5) is 0 Å². The van der Waals surface area contributed by atoms with Crippen LogP contribution in [-0.4, -0.2) is 0 Å². The fourth-order valence-corrected chi connectivity index (χ4v) is 8.03. The maximum absolute atomic E-state index is 2.59. The predicted molar refractivity (Wildman–Crippen MR) is 73.3 cm³/mol. The lowest BCUT2D eigenvalue weighted by Crippen LogP contribution is -2.95. The maximum atomic E-state index is 2.59. The monoisotopic (exact) mass is 238 g/mol. The number of hydrogen-bond acceptors (Lipinski definition) is 0. The van der Waals surface area contributed by atoms with Crippen molar-refractivity contribution < 1.29 is 0 Å². The highest BCUT2D eigenvalue weighted by atomic mass is 15.0. The third kappa shape index (κ3) is 0.607. The number of hydrogen-bond donors (Lipinski definition) is 0. The summed E-state index contributed by atoms with van der Waals surface area (Å²) in [6.45, 7) is 5.03. The summed E-state index contributed by atoms with van der Waals surface area (Å²) < 4.78 is 0. The normalized spacial score (nSPS) is 58.2. The first kappa shape index (κ1) is 10.1. The molecule has 0 nitrogen and oxygen atoms in total. The molecule has 1 spiro atoms. The Bertz CT molecular complexity index is 546. The van der Waals surface area contributed by atoms with E-state index in [0.717, 1.165) is 16.7 Å². The van der Waals surface area contributed by atoms with Crippen LogP contribution >= 0.6 is 0 Å². The van der Waals surface area contributed by atoms with Gasteiger partial charge in [0.2, 0.25) is 0 Å². The minimum Gasteiger partial charge on any atom is -0.0648 e. The van der Waals surface area contributed by atoms with E-state index < -0.39 is 0 Å². The van der Waals surface area contributed by atoms with Crippen molar-refractivity contribution in [2.24, 2.45) is 22.2 Å². The molecule has 0 heteroatoms. The Balaban J connectivity index is 1.67. The zero-order chi connectivity index (χ0) is 12.2. The lowest BCUT2D eigenvalue weighted by molar-refractivity contribution is -0.489. The summed E-state index contributed by atoms with van der Waals surface area (Å²) in [6.07, 6.45) is 7.47. The van der Waals surface area contributed by atoms with Crippen LogP contribution in [0.3, 0.4) is 0 Å². The van der Waals surface area contributed by atoms with Crippen molar-refractivity contribution in [3.63, 3.8) is 0 Å². The van der Waals surface area contributed by atoms with Gasteiger partial charge in [-0.25, -0.2) is 0 Å². The first-order valence-electron chi connectivity index (χ1n) is 7.70. The highest BCUT2D eigenvalue weighted by molar-refractivity contribution is 5.53. The van der Waals surface area contributed by atoms with Gasteiger partial charge in [-0.3, -0.25) is 0 Å². The molecule has 0 bridgehead atoms. The van der Waals surface area contributed by atoms with Gasteiger partial charge in [0.1, 0.15) is 0 Å². The molecule has 1 aromatic carbocycles. The topological polar surface area (TPSA) is 0 Å². The van der Waals surface area contributed by atoms with E-state index in [-0.39, 0.29) is 0 Å². The third-order valence-electron chi connectivity index (χ3n) is 7.83. The molecule has 4 saturated carbocycles. The van der Waals surface area contributed by atoms with Gasteiger partial charge < -0.3 is 0 Å². The summed E-state index contributed by atoms with van der Waals surface area (Å²) in [5, 5.41) is 0. The van der Waals surface area contributed by atoms with E-state index in [4.69, 9.17) is 0 Å². The predicted octanol–water partition coefficient (Wildman–Crippen LogP) is 4.54. The molecule has 0 amide bonds. The third-order valence-corrected chi connectivity index (χ3v) is 7.83. The molecule has 0 N–H and O–H groups in total. The van der Waals surface area contributed by atoms with E-state index in [9.17, 15) is 0 Å². The molecule has 0 saturated heterocycles. The molecule has 5 atom stereocenters. The second-order valence-electron chi connectivity index (χ2n) is 7.91. The van der Waals surface area contributed by atoms with Crippen LogP contribution in [0.15, 0.2) is 30.3 Å². The van der Waals surface area contributed by atoms with E-state index in [0.29, 0.717) is 10.8 Å². The van der Waals surface area contributed by atoms with E-state index in [2.05, 4.69) is 44.2 Å². The standard InChI is InChI=1S/C18H22/c1-3-16-10-14-9-15(2)11-17(12-16,18(14,15)16)13-7-5-4-6-8-13/h4-8,14H,3,9-12H2,1-2H3. The summed E-state index contributed by atoms with van der Waals surface area (Å²) >= 11 is 0. The molecule has 4 aliphatic carbocycles. The summed E-state index contributed by atoms with van der Waals surface area (Å²) in [5.74, 6) is 1.07. The summed E-state index contributed by atoms with van der Waals surface area (Å²) in [7, 11) is 0. The molecule has 0 aromatic heterocycles. The van der Waals surface area contributed by atoms with Crippen molar-refractivity contribution in [1.82, 2.24) is 0 Å². The van der Waals surface area contributed by atoms with Crippen LogP contribution in [0.25, 0.3) is 0 Å². The fourth-order valence-electron chi connectivity index (χ4n) is 8.03. The van der Waals surface area contributed by atoms with Crippen molar-refractivity contribution in [2.75, 3.05) is 0 Å². The van der Waals surface area contributed by atoms with Gasteiger partial charge in [0.25, 0.3) is 0 Å². The lowest BCUT2D eigenvalue weighted by Gasteiger charge is -3.00. The highest BCUT2D eigenvalue weighted by Crippen LogP contribution is 3.01. The Labute approximate surface area is 110 Å². The van der Waals surface area contributed by atoms with Gasteiger partial charge in [-0.1, -0.05) is 44.2 Å². The van der Waals surface area contributed by atoms with Gasteiger partial charge in [0, 0.05) is 5.41 Å². The molecule has 5 rings (SSSR count). The molecule has 4 aliphatic rings. The number of benzene rings is 1. The Morgan fingerprint density at radius 2 is 1.89 bits per heavy atom. The zero-order valence-corrected chi connectivity index (χ0v) is 11.5. The highest BCUT2D eigenvalue weighted by Gasteiger charge is 2.96. The van der Waals surface area contributed by atoms with Crippen molar-refractivity contribution in [3.05, 3.63) is 35.9 Å². The second-order valence-corrected chi connectivity index (χ2v) is 7.91. The van der Waals surface area contributed by atoms with Gasteiger partial charge in [0.05, 0.1) is 0 Å². The van der Waals surface area contributed by atoms with Crippen LogP contribution in [0, 0.1) is 22.2 Å². The van der Waals surface area contributed by atoms with Crippen LogP contribution < -0.4 is 0 Å². The molecular formula is C18H22. The van der Waals surface area contributed by atoms with E-state index in [1.807, 2.05) is 0 Å². The van der Waals surface area contributed by atoms with Crippen LogP contribution in [-0.2, 0) is 5.41 Å².